The average molecular weight is 449 g/mol. The van der Waals surface area contributed by atoms with Crippen molar-refractivity contribution in [2.45, 2.75) is 6.54 Å². The molecule has 0 bridgehead atoms. The van der Waals surface area contributed by atoms with Gasteiger partial charge < -0.3 is 26.0 Å². The van der Waals surface area contributed by atoms with Gasteiger partial charge in [0.2, 0.25) is 0 Å². The van der Waals surface area contributed by atoms with E-state index >= 15 is 0 Å². The lowest BCUT2D eigenvalue weighted by Gasteiger charge is -2.14. The van der Waals surface area contributed by atoms with Crippen LogP contribution in [0.3, 0.4) is 0 Å². The molecule has 0 aliphatic carbocycles. The highest BCUT2D eigenvalue weighted by Crippen LogP contribution is 2.26. The number of halogens is 1. The Kier molecular flexibility index (Phi) is 6.80. The molecular formula is C24H24FN5O3. The van der Waals surface area contributed by atoms with E-state index in [-0.39, 0.29) is 17.5 Å². The summed E-state index contributed by atoms with van der Waals surface area (Å²) in [5.74, 6) is 0.176. The van der Waals surface area contributed by atoms with Crippen LogP contribution < -0.4 is 21.1 Å². The predicted molar refractivity (Wildman–Crippen MR) is 121 cm³/mol. The third kappa shape index (κ3) is 5.83. The highest BCUT2D eigenvalue weighted by Gasteiger charge is 2.18. The number of rotatable bonds is 9. The van der Waals surface area contributed by atoms with Crippen LogP contribution in [-0.4, -0.2) is 48.0 Å². The summed E-state index contributed by atoms with van der Waals surface area (Å²) in [7, 11) is 0. The second-order valence-electron chi connectivity index (χ2n) is 7.59. The van der Waals surface area contributed by atoms with Crippen LogP contribution in [0.4, 0.5) is 9.18 Å². The number of carbonyl (C=O) groups is 2. The third-order valence-corrected chi connectivity index (χ3v) is 5.17. The minimum Gasteiger partial charge on any atom is -0.457 e. The summed E-state index contributed by atoms with van der Waals surface area (Å²) in [6.45, 7) is 3.08. The summed E-state index contributed by atoms with van der Waals surface area (Å²) in [5.41, 5.74) is 7.91. The lowest BCUT2D eigenvalue weighted by molar-refractivity contribution is 0.0995. The maximum atomic E-state index is 13.1. The lowest BCUT2D eigenvalue weighted by atomic mass is 10.1. The Labute approximate surface area is 190 Å². The van der Waals surface area contributed by atoms with Crippen molar-refractivity contribution in [3.8, 4) is 22.8 Å². The normalized spacial score (nSPS) is 13.1. The molecule has 9 heteroatoms. The molecule has 0 spiro atoms. The van der Waals surface area contributed by atoms with Crippen LogP contribution in [0.15, 0.2) is 60.7 Å². The molecule has 170 valence electrons. The van der Waals surface area contributed by atoms with E-state index in [9.17, 15) is 14.0 Å². The van der Waals surface area contributed by atoms with Crippen molar-refractivity contribution < 1.29 is 18.7 Å². The molecule has 3 aromatic rings. The van der Waals surface area contributed by atoms with Crippen LogP contribution in [0.2, 0.25) is 0 Å². The molecule has 0 atom stereocenters. The molecular weight excluding hydrogens is 425 g/mol. The van der Waals surface area contributed by atoms with Crippen LogP contribution >= 0.6 is 0 Å². The fourth-order valence-corrected chi connectivity index (χ4v) is 3.47. The van der Waals surface area contributed by atoms with Gasteiger partial charge in [0.15, 0.2) is 0 Å². The number of ether oxygens (including phenoxy) is 1. The number of nitrogens with zero attached hydrogens (tertiary/aromatic N) is 2. The number of pyridine rings is 1. The number of aromatic nitrogens is 1. The largest absolute Gasteiger partial charge is 0.457 e. The number of primary amides is 1. The van der Waals surface area contributed by atoms with Gasteiger partial charge in [-0.15, -0.1) is 0 Å². The van der Waals surface area contributed by atoms with Crippen LogP contribution in [0.25, 0.3) is 11.3 Å². The molecule has 0 radical (unpaired) electrons. The molecule has 4 N–H and O–H groups in total. The van der Waals surface area contributed by atoms with E-state index in [1.807, 2.05) is 18.2 Å². The Bertz CT molecular complexity index is 1140. The van der Waals surface area contributed by atoms with E-state index in [1.54, 1.807) is 35.2 Å². The van der Waals surface area contributed by atoms with Crippen molar-refractivity contribution in [3.63, 3.8) is 0 Å². The molecule has 2 aromatic carbocycles. The van der Waals surface area contributed by atoms with Gasteiger partial charge in [-0.05, 0) is 66.2 Å². The number of benzene rings is 2. The molecule has 0 saturated carbocycles. The molecule has 1 saturated heterocycles. The van der Waals surface area contributed by atoms with Gasteiger partial charge in [-0.3, -0.25) is 4.79 Å². The molecule has 33 heavy (non-hydrogen) atoms. The lowest BCUT2D eigenvalue weighted by Crippen LogP contribution is -2.34. The summed E-state index contributed by atoms with van der Waals surface area (Å²) < 4.78 is 18.8. The van der Waals surface area contributed by atoms with Gasteiger partial charge in [0.05, 0.1) is 5.69 Å². The monoisotopic (exact) mass is 449 g/mol. The Balaban J connectivity index is 1.43. The predicted octanol–water partition coefficient (Wildman–Crippen LogP) is 2.89. The number of nitrogens with one attached hydrogen (secondary N) is 2. The summed E-state index contributed by atoms with van der Waals surface area (Å²) >= 11 is 0. The number of amides is 3. The molecule has 1 aliphatic rings. The maximum absolute atomic E-state index is 13.1. The first-order valence-electron chi connectivity index (χ1n) is 10.6. The van der Waals surface area contributed by atoms with Crippen molar-refractivity contribution in [2.24, 2.45) is 5.73 Å². The van der Waals surface area contributed by atoms with Crippen molar-refractivity contribution in [2.75, 3.05) is 26.2 Å². The molecule has 1 aromatic heterocycles. The highest BCUT2D eigenvalue weighted by atomic mass is 19.1. The van der Waals surface area contributed by atoms with E-state index in [0.717, 1.165) is 11.1 Å². The molecule has 1 aliphatic heterocycles. The molecule has 2 heterocycles. The van der Waals surface area contributed by atoms with Crippen LogP contribution in [0.1, 0.15) is 16.1 Å². The van der Waals surface area contributed by atoms with Crippen LogP contribution in [0.5, 0.6) is 11.5 Å². The molecule has 1 fully saturated rings. The molecule has 8 nitrogen and oxygen atoms in total. The van der Waals surface area contributed by atoms with Gasteiger partial charge in [-0.2, -0.15) is 0 Å². The van der Waals surface area contributed by atoms with Crippen molar-refractivity contribution in [3.05, 3.63) is 77.7 Å². The van der Waals surface area contributed by atoms with Gasteiger partial charge in [-0.1, -0.05) is 0 Å². The maximum Gasteiger partial charge on any atom is 0.317 e. The zero-order chi connectivity index (χ0) is 23.2. The average Bonchev–Trinajstić information content (AvgIpc) is 3.23. The summed E-state index contributed by atoms with van der Waals surface area (Å²) in [6, 6.07) is 16.5. The highest BCUT2D eigenvalue weighted by molar-refractivity contribution is 5.91. The van der Waals surface area contributed by atoms with Crippen molar-refractivity contribution in [1.29, 1.82) is 0 Å². The Hall–Kier alpha value is -3.98. The van der Waals surface area contributed by atoms with Gasteiger partial charge in [-0.25, -0.2) is 14.2 Å². The number of carbonyl (C=O) groups excluding carboxylic acids is 2. The number of hydrogen-bond donors (Lipinski definition) is 3. The molecule has 0 unspecified atom stereocenters. The standard InChI is InChI=1S/C24H24FN5O3/c25-18-3-7-20(8-4-18)33-19-5-1-17(2-6-19)21-13-16(14-22(29-21)23(26)31)15-27-9-11-30-12-10-28-24(30)32/h1-8,13-14,27H,9-12,15H2,(H2,26,31)(H,28,32). The zero-order valence-electron chi connectivity index (χ0n) is 17.9. The van der Waals surface area contributed by atoms with Gasteiger partial charge in [0, 0.05) is 38.3 Å². The number of hydrogen-bond acceptors (Lipinski definition) is 5. The topological polar surface area (TPSA) is 110 Å². The van der Waals surface area contributed by atoms with E-state index in [2.05, 4.69) is 15.6 Å². The van der Waals surface area contributed by atoms with Gasteiger partial charge in [0.25, 0.3) is 5.91 Å². The van der Waals surface area contributed by atoms with Crippen molar-refractivity contribution in [1.82, 2.24) is 20.5 Å². The van der Waals surface area contributed by atoms with E-state index in [0.29, 0.717) is 49.9 Å². The summed E-state index contributed by atoms with van der Waals surface area (Å²) in [5, 5.41) is 6.06. The molecule has 3 amide bonds. The summed E-state index contributed by atoms with van der Waals surface area (Å²) in [6.07, 6.45) is 0. The Morgan fingerprint density at radius 2 is 1.82 bits per heavy atom. The quantitative estimate of drug-likeness (QED) is 0.435. The fraction of sp³-hybridized carbons (Fsp3) is 0.208. The minimum atomic E-state index is -0.608. The first-order valence-corrected chi connectivity index (χ1v) is 10.6. The molecule has 4 rings (SSSR count). The third-order valence-electron chi connectivity index (χ3n) is 5.17. The van der Waals surface area contributed by atoms with Gasteiger partial charge in [0.1, 0.15) is 23.0 Å². The van der Waals surface area contributed by atoms with Gasteiger partial charge >= 0.3 is 6.03 Å². The first kappa shape index (κ1) is 22.2. The number of urea groups is 1. The first-order chi connectivity index (χ1) is 16.0. The second-order valence-corrected chi connectivity index (χ2v) is 7.59. The fourth-order valence-electron chi connectivity index (χ4n) is 3.47. The second kappa shape index (κ2) is 10.1. The van der Waals surface area contributed by atoms with E-state index < -0.39 is 5.91 Å². The number of nitrogens with two attached hydrogens (primary N) is 1. The Morgan fingerprint density at radius 1 is 1.12 bits per heavy atom. The van der Waals surface area contributed by atoms with Crippen LogP contribution in [0, 0.1) is 5.82 Å². The SMILES string of the molecule is NC(=O)c1cc(CNCCN2CCNC2=O)cc(-c2ccc(Oc3ccc(F)cc3)cc2)n1. The smallest absolute Gasteiger partial charge is 0.317 e. The van der Waals surface area contributed by atoms with Crippen molar-refractivity contribution >= 4 is 11.9 Å². The zero-order valence-corrected chi connectivity index (χ0v) is 17.9. The minimum absolute atomic E-state index is 0.0501. The van der Waals surface area contributed by atoms with E-state index in [4.69, 9.17) is 10.5 Å². The van der Waals surface area contributed by atoms with Crippen LogP contribution in [-0.2, 0) is 6.54 Å². The summed E-state index contributed by atoms with van der Waals surface area (Å²) in [4.78, 5) is 29.5. The Morgan fingerprint density at radius 3 is 2.45 bits per heavy atom. The van der Waals surface area contributed by atoms with E-state index in [1.165, 1.54) is 12.1 Å².